The number of nitrogens with one attached hydrogen (secondary N) is 1. The zero-order valence-electron chi connectivity index (χ0n) is 12.0. The first-order valence-corrected chi connectivity index (χ1v) is 6.61. The summed E-state index contributed by atoms with van der Waals surface area (Å²) in [4.78, 5) is 35.0. The molecule has 2 unspecified atom stereocenters. The lowest BCUT2D eigenvalue weighted by molar-refractivity contribution is -0.145. The van der Waals surface area contributed by atoms with Crippen molar-refractivity contribution >= 4 is 18.0 Å². The lowest BCUT2D eigenvalue weighted by Crippen LogP contribution is -2.48. The molecule has 0 aromatic carbocycles. The summed E-state index contributed by atoms with van der Waals surface area (Å²) in [5.74, 6) is -2.24. The molecule has 0 bridgehead atoms. The molecule has 0 saturated carbocycles. The molecule has 0 aromatic rings. The van der Waals surface area contributed by atoms with Crippen molar-refractivity contribution in [3.63, 3.8) is 0 Å². The Morgan fingerprint density at radius 3 is 2.30 bits per heavy atom. The van der Waals surface area contributed by atoms with Gasteiger partial charge in [-0.15, -0.1) is 0 Å². The molecule has 2 atom stereocenters. The normalized spacial score (nSPS) is 20.6. The van der Waals surface area contributed by atoms with Gasteiger partial charge in [0.05, 0.1) is 6.42 Å². The van der Waals surface area contributed by atoms with Crippen molar-refractivity contribution < 1.29 is 24.6 Å². The fraction of sp³-hybridized carbons (Fsp3) is 0.769. The Hall–Kier alpha value is -1.79. The summed E-state index contributed by atoms with van der Waals surface area (Å²) in [6.45, 7) is 7.43. The molecule has 0 radical (unpaired) electrons. The van der Waals surface area contributed by atoms with Gasteiger partial charge in [-0.3, -0.25) is 4.79 Å². The summed E-state index contributed by atoms with van der Waals surface area (Å²) in [5.41, 5.74) is 0.0856. The fourth-order valence-electron chi connectivity index (χ4n) is 2.27. The first-order chi connectivity index (χ1) is 9.11. The third-order valence-electron chi connectivity index (χ3n) is 3.67. The first kappa shape index (κ1) is 16.3. The average Bonchev–Trinajstić information content (AvgIpc) is 2.75. The molecular weight excluding hydrogens is 264 g/mol. The van der Waals surface area contributed by atoms with E-state index in [0.29, 0.717) is 19.0 Å². The molecule has 1 saturated heterocycles. The highest BCUT2D eigenvalue weighted by Gasteiger charge is 2.35. The van der Waals surface area contributed by atoms with Crippen LogP contribution in [0.5, 0.6) is 0 Å². The Balaban J connectivity index is 2.58. The van der Waals surface area contributed by atoms with E-state index in [9.17, 15) is 14.4 Å². The van der Waals surface area contributed by atoms with Crippen LogP contribution in [-0.2, 0) is 9.59 Å². The maximum atomic E-state index is 12.0. The second-order valence-corrected chi connectivity index (χ2v) is 6.24. The topological polar surface area (TPSA) is 107 Å². The molecule has 114 valence electrons. The Bertz CT molecular complexity index is 402. The van der Waals surface area contributed by atoms with E-state index in [-0.39, 0.29) is 5.41 Å². The van der Waals surface area contributed by atoms with E-state index in [2.05, 4.69) is 26.1 Å². The van der Waals surface area contributed by atoms with E-state index in [1.165, 1.54) is 0 Å². The molecule has 1 aliphatic rings. The van der Waals surface area contributed by atoms with Crippen molar-refractivity contribution in [1.29, 1.82) is 0 Å². The second-order valence-electron chi connectivity index (χ2n) is 6.24. The van der Waals surface area contributed by atoms with Crippen molar-refractivity contribution in [1.82, 2.24) is 10.2 Å². The first-order valence-electron chi connectivity index (χ1n) is 6.61. The van der Waals surface area contributed by atoms with Gasteiger partial charge in [-0.25, -0.2) is 9.59 Å². The molecular formula is C13H22N2O5. The van der Waals surface area contributed by atoms with Gasteiger partial charge in [-0.1, -0.05) is 20.8 Å². The van der Waals surface area contributed by atoms with Gasteiger partial charge in [-0.05, 0) is 17.8 Å². The highest BCUT2D eigenvalue weighted by molar-refractivity contribution is 5.86. The lowest BCUT2D eigenvalue weighted by Gasteiger charge is -2.27. The number of carbonyl (C=O) groups excluding carboxylic acids is 1. The average molecular weight is 286 g/mol. The van der Waals surface area contributed by atoms with Gasteiger partial charge in [0.2, 0.25) is 0 Å². The van der Waals surface area contributed by atoms with Crippen molar-refractivity contribution in [2.75, 3.05) is 13.1 Å². The maximum Gasteiger partial charge on any atom is 0.326 e. The van der Waals surface area contributed by atoms with Crippen LogP contribution < -0.4 is 5.32 Å². The zero-order chi connectivity index (χ0) is 15.5. The quantitative estimate of drug-likeness (QED) is 0.714. The number of carbonyl (C=O) groups is 3. The predicted molar refractivity (Wildman–Crippen MR) is 71.3 cm³/mol. The van der Waals surface area contributed by atoms with E-state index >= 15 is 0 Å². The van der Waals surface area contributed by atoms with Crippen LogP contribution in [0.4, 0.5) is 4.79 Å². The Kier molecular flexibility index (Phi) is 4.97. The van der Waals surface area contributed by atoms with E-state index in [0.717, 1.165) is 6.42 Å². The van der Waals surface area contributed by atoms with E-state index in [1.54, 1.807) is 4.90 Å². The van der Waals surface area contributed by atoms with E-state index in [1.807, 2.05) is 0 Å². The van der Waals surface area contributed by atoms with Gasteiger partial charge >= 0.3 is 18.0 Å². The van der Waals surface area contributed by atoms with Crippen LogP contribution >= 0.6 is 0 Å². The minimum absolute atomic E-state index is 0.0856. The summed E-state index contributed by atoms with van der Waals surface area (Å²) >= 11 is 0. The number of likely N-dealkylation sites (tertiary alicyclic amines) is 1. The fourth-order valence-corrected chi connectivity index (χ4v) is 2.27. The maximum absolute atomic E-state index is 12.0. The van der Waals surface area contributed by atoms with Crippen LogP contribution in [-0.4, -0.2) is 52.2 Å². The SMILES string of the molecule is CC(C)(C)C1CCN(C(=O)NC(CC(=O)O)C(=O)O)C1. The van der Waals surface area contributed by atoms with Crippen molar-refractivity contribution in [2.24, 2.45) is 11.3 Å². The lowest BCUT2D eigenvalue weighted by atomic mass is 9.80. The molecule has 1 rings (SSSR count). The molecule has 7 nitrogen and oxygen atoms in total. The number of nitrogens with zero attached hydrogens (tertiary/aromatic N) is 1. The van der Waals surface area contributed by atoms with Crippen molar-refractivity contribution in [3.05, 3.63) is 0 Å². The highest BCUT2D eigenvalue weighted by Crippen LogP contribution is 2.33. The van der Waals surface area contributed by atoms with Crippen LogP contribution in [0, 0.1) is 11.3 Å². The smallest absolute Gasteiger partial charge is 0.326 e. The number of rotatable bonds is 4. The number of carboxylic acid groups (broad SMARTS) is 2. The third-order valence-corrected chi connectivity index (χ3v) is 3.67. The van der Waals surface area contributed by atoms with Gasteiger partial charge in [-0.2, -0.15) is 0 Å². The summed E-state index contributed by atoms with van der Waals surface area (Å²) in [5, 5.41) is 19.8. The monoisotopic (exact) mass is 286 g/mol. The molecule has 0 aliphatic carbocycles. The van der Waals surface area contributed by atoms with E-state index in [4.69, 9.17) is 10.2 Å². The number of hydrogen-bond donors (Lipinski definition) is 3. The predicted octanol–water partition coefficient (Wildman–Crippen LogP) is 0.992. The zero-order valence-corrected chi connectivity index (χ0v) is 12.0. The largest absolute Gasteiger partial charge is 0.481 e. The number of urea groups is 1. The molecule has 1 heterocycles. The van der Waals surface area contributed by atoms with Crippen LogP contribution in [0.1, 0.15) is 33.6 Å². The minimum atomic E-state index is -1.39. The van der Waals surface area contributed by atoms with Crippen LogP contribution in [0.3, 0.4) is 0 Å². The molecule has 3 N–H and O–H groups in total. The van der Waals surface area contributed by atoms with Gasteiger partial charge < -0.3 is 20.4 Å². The second kappa shape index (κ2) is 6.11. The Morgan fingerprint density at radius 1 is 1.30 bits per heavy atom. The molecule has 2 amide bonds. The number of carboxylic acids is 2. The van der Waals surface area contributed by atoms with E-state index < -0.39 is 30.4 Å². The third kappa shape index (κ3) is 4.40. The van der Waals surface area contributed by atoms with Crippen LogP contribution in [0.25, 0.3) is 0 Å². The number of hydrogen-bond acceptors (Lipinski definition) is 3. The van der Waals surface area contributed by atoms with Gasteiger partial charge in [0, 0.05) is 13.1 Å². The van der Waals surface area contributed by atoms with Gasteiger partial charge in [0.25, 0.3) is 0 Å². The molecule has 1 aliphatic heterocycles. The summed E-state index contributed by atoms with van der Waals surface area (Å²) in [6, 6.07) is -1.90. The highest BCUT2D eigenvalue weighted by atomic mass is 16.4. The Labute approximate surface area is 117 Å². The van der Waals surface area contributed by atoms with Crippen LogP contribution in [0.2, 0.25) is 0 Å². The molecule has 7 heteroatoms. The summed E-state index contributed by atoms with van der Waals surface area (Å²) in [6.07, 6.45) is 0.241. The molecule has 1 fully saturated rings. The summed E-state index contributed by atoms with van der Waals surface area (Å²) < 4.78 is 0. The minimum Gasteiger partial charge on any atom is -0.481 e. The van der Waals surface area contributed by atoms with Crippen molar-refractivity contribution in [3.8, 4) is 0 Å². The van der Waals surface area contributed by atoms with Crippen molar-refractivity contribution in [2.45, 2.75) is 39.7 Å². The van der Waals surface area contributed by atoms with Gasteiger partial charge in [0.1, 0.15) is 6.04 Å². The number of aliphatic carboxylic acids is 2. The summed E-state index contributed by atoms with van der Waals surface area (Å²) in [7, 11) is 0. The standard InChI is InChI=1S/C13H22N2O5/c1-13(2,3)8-4-5-15(7-8)12(20)14-9(11(18)19)6-10(16)17/h8-9H,4-7H2,1-3H3,(H,14,20)(H,16,17)(H,18,19). The number of amides is 2. The Morgan fingerprint density at radius 2 is 1.90 bits per heavy atom. The van der Waals surface area contributed by atoms with Crippen LogP contribution in [0.15, 0.2) is 0 Å². The van der Waals surface area contributed by atoms with Gasteiger partial charge in [0.15, 0.2) is 0 Å². The molecule has 0 spiro atoms. The molecule has 20 heavy (non-hydrogen) atoms. The molecule has 0 aromatic heterocycles.